The summed E-state index contributed by atoms with van der Waals surface area (Å²) in [6.45, 7) is 2.11. The number of benzene rings is 1. The summed E-state index contributed by atoms with van der Waals surface area (Å²) in [7, 11) is 1.78. The summed E-state index contributed by atoms with van der Waals surface area (Å²) >= 11 is 1.75. The van der Waals surface area contributed by atoms with Gasteiger partial charge in [0, 0.05) is 29.3 Å². The van der Waals surface area contributed by atoms with E-state index in [1.165, 1.54) is 10.4 Å². The van der Waals surface area contributed by atoms with Gasteiger partial charge >= 0.3 is 0 Å². The van der Waals surface area contributed by atoms with Crippen molar-refractivity contribution in [1.29, 1.82) is 0 Å². The Morgan fingerprint density at radius 3 is 2.56 bits per heavy atom. The molecular weight excluding hydrogens is 330 g/mol. The molecule has 4 rings (SSSR count). The SMILES string of the molecule is Cc1ccsc1C1CC1C(=O)N(C)c1ccc(-c2ccccc2)nn1. The van der Waals surface area contributed by atoms with E-state index in [1.54, 1.807) is 23.3 Å². The first-order chi connectivity index (χ1) is 12.1. The lowest BCUT2D eigenvalue weighted by molar-refractivity contribution is -0.119. The Morgan fingerprint density at radius 2 is 1.92 bits per heavy atom. The monoisotopic (exact) mass is 349 g/mol. The number of hydrogen-bond donors (Lipinski definition) is 0. The first kappa shape index (κ1) is 16.0. The maximum atomic E-state index is 12.7. The molecule has 3 aromatic rings. The molecule has 0 spiro atoms. The number of carbonyl (C=O) groups excluding carboxylic acids is 1. The van der Waals surface area contributed by atoms with E-state index in [2.05, 4.69) is 28.6 Å². The molecule has 0 saturated heterocycles. The third kappa shape index (κ3) is 3.07. The molecule has 2 atom stereocenters. The average molecular weight is 349 g/mol. The van der Waals surface area contributed by atoms with Crippen LogP contribution in [0.2, 0.25) is 0 Å². The minimum absolute atomic E-state index is 0.0675. The zero-order chi connectivity index (χ0) is 17.4. The van der Waals surface area contributed by atoms with E-state index in [4.69, 9.17) is 0 Å². The van der Waals surface area contributed by atoms with Crippen LogP contribution in [0.1, 0.15) is 22.8 Å². The normalized spacial score (nSPS) is 18.8. The first-order valence-electron chi connectivity index (χ1n) is 8.36. The van der Waals surface area contributed by atoms with Crippen LogP contribution in [0.4, 0.5) is 5.82 Å². The summed E-state index contributed by atoms with van der Waals surface area (Å²) in [5, 5.41) is 10.6. The molecule has 1 aliphatic carbocycles. The van der Waals surface area contributed by atoms with Crippen molar-refractivity contribution < 1.29 is 4.79 Å². The molecule has 0 radical (unpaired) electrons. The van der Waals surface area contributed by atoms with Crippen LogP contribution in [0, 0.1) is 12.8 Å². The number of rotatable bonds is 4. The predicted molar refractivity (Wildman–Crippen MR) is 101 cm³/mol. The number of aromatic nitrogens is 2. The first-order valence-corrected chi connectivity index (χ1v) is 9.24. The molecule has 1 aliphatic rings. The smallest absolute Gasteiger partial charge is 0.231 e. The minimum Gasteiger partial charge on any atom is -0.298 e. The highest BCUT2D eigenvalue weighted by molar-refractivity contribution is 7.10. The van der Waals surface area contributed by atoms with Crippen LogP contribution in [-0.2, 0) is 4.79 Å². The molecule has 4 nitrogen and oxygen atoms in total. The topological polar surface area (TPSA) is 46.1 Å². The molecule has 0 N–H and O–H groups in total. The molecule has 2 heterocycles. The highest BCUT2D eigenvalue weighted by Gasteiger charge is 2.46. The fraction of sp³-hybridized carbons (Fsp3) is 0.250. The molecule has 1 fully saturated rings. The van der Waals surface area contributed by atoms with Crippen LogP contribution < -0.4 is 4.90 Å². The summed E-state index contributed by atoms with van der Waals surface area (Å²) in [5.41, 5.74) is 3.12. The molecule has 2 unspecified atom stereocenters. The number of nitrogens with zero attached hydrogens (tertiary/aromatic N) is 3. The van der Waals surface area contributed by atoms with Crippen molar-refractivity contribution >= 4 is 23.1 Å². The van der Waals surface area contributed by atoms with Gasteiger partial charge in [0.15, 0.2) is 5.82 Å². The number of amides is 1. The molecule has 1 saturated carbocycles. The second-order valence-electron chi connectivity index (χ2n) is 6.46. The number of aryl methyl sites for hydroxylation is 1. The van der Waals surface area contributed by atoms with Crippen LogP contribution in [0.25, 0.3) is 11.3 Å². The van der Waals surface area contributed by atoms with Gasteiger partial charge in [0.1, 0.15) is 0 Å². The van der Waals surface area contributed by atoms with Gasteiger partial charge in [-0.3, -0.25) is 9.69 Å². The summed E-state index contributed by atoms with van der Waals surface area (Å²) in [5.74, 6) is 1.15. The molecule has 5 heteroatoms. The third-order valence-electron chi connectivity index (χ3n) is 4.74. The minimum atomic E-state index is 0.0675. The molecule has 0 bridgehead atoms. The lowest BCUT2D eigenvalue weighted by Crippen LogP contribution is -2.29. The summed E-state index contributed by atoms with van der Waals surface area (Å²) < 4.78 is 0. The largest absolute Gasteiger partial charge is 0.298 e. The second-order valence-corrected chi connectivity index (χ2v) is 7.40. The van der Waals surface area contributed by atoms with E-state index in [0.717, 1.165) is 17.7 Å². The lowest BCUT2D eigenvalue weighted by Gasteiger charge is -2.16. The van der Waals surface area contributed by atoms with E-state index in [0.29, 0.717) is 11.7 Å². The Kier molecular flexibility index (Phi) is 4.09. The van der Waals surface area contributed by atoms with Gasteiger partial charge in [0.2, 0.25) is 5.91 Å². The average Bonchev–Trinajstić information content (AvgIpc) is 3.34. The Balaban J connectivity index is 1.47. The Bertz CT molecular complexity index is 889. The van der Waals surface area contributed by atoms with Gasteiger partial charge in [-0.1, -0.05) is 30.3 Å². The van der Waals surface area contributed by atoms with E-state index in [9.17, 15) is 4.79 Å². The molecule has 25 heavy (non-hydrogen) atoms. The third-order valence-corrected chi connectivity index (χ3v) is 5.89. The van der Waals surface area contributed by atoms with Crippen molar-refractivity contribution in [3.8, 4) is 11.3 Å². The van der Waals surface area contributed by atoms with Crippen molar-refractivity contribution in [1.82, 2.24) is 10.2 Å². The van der Waals surface area contributed by atoms with Crippen LogP contribution in [0.5, 0.6) is 0 Å². The summed E-state index contributed by atoms with van der Waals surface area (Å²) in [4.78, 5) is 15.7. The van der Waals surface area contributed by atoms with Crippen molar-refractivity contribution in [3.63, 3.8) is 0 Å². The molecule has 0 aliphatic heterocycles. The predicted octanol–water partition coefficient (Wildman–Crippen LogP) is 4.28. The van der Waals surface area contributed by atoms with Crippen LogP contribution >= 0.6 is 11.3 Å². The number of carbonyl (C=O) groups is 1. The van der Waals surface area contributed by atoms with E-state index in [1.807, 2.05) is 42.5 Å². The van der Waals surface area contributed by atoms with Gasteiger partial charge in [0.25, 0.3) is 0 Å². The number of anilines is 1. The zero-order valence-corrected chi connectivity index (χ0v) is 15.0. The van der Waals surface area contributed by atoms with Crippen molar-refractivity contribution in [2.75, 3.05) is 11.9 Å². The fourth-order valence-corrected chi connectivity index (χ4v) is 4.26. The van der Waals surface area contributed by atoms with Gasteiger partial charge in [-0.05, 0) is 42.5 Å². The van der Waals surface area contributed by atoms with Gasteiger partial charge in [-0.15, -0.1) is 21.5 Å². The highest BCUT2D eigenvalue weighted by atomic mass is 32.1. The zero-order valence-electron chi connectivity index (χ0n) is 14.2. The number of hydrogen-bond acceptors (Lipinski definition) is 4. The molecule has 2 aromatic heterocycles. The Morgan fingerprint density at radius 1 is 1.12 bits per heavy atom. The van der Waals surface area contributed by atoms with Gasteiger partial charge < -0.3 is 0 Å². The Hall–Kier alpha value is -2.53. The van der Waals surface area contributed by atoms with Gasteiger partial charge in [-0.2, -0.15) is 0 Å². The fourth-order valence-electron chi connectivity index (χ4n) is 3.15. The standard InChI is InChI=1S/C20H19N3OS/c1-13-10-11-25-19(13)15-12-16(15)20(24)23(2)18-9-8-17(21-22-18)14-6-4-3-5-7-14/h3-11,15-16H,12H2,1-2H3. The molecule has 126 valence electrons. The molecule has 1 amide bonds. The maximum absolute atomic E-state index is 12.7. The van der Waals surface area contributed by atoms with E-state index >= 15 is 0 Å². The van der Waals surface area contributed by atoms with Crippen LogP contribution in [0.15, 0.2) is 53.9 Å². The maximum Gasteiger partial charge on any atom is 0.231 e. The molecule has 1 aromatic carbocycles. The van der Waals surface area contributed by atoms with Gasteiger partial charge in [-0.25, -0.2) is 0 Å². The Labute approximate surface area is 151 Å². The second kappa shape index (κ2) is 6.41. The van der Waals surface area contributed by atoms with Crippen LogP contribution in [-0.4, -0.2) is 23.2 Å². The van der Waals surface area contributed by atoms with Crippen molar-refractivity contribution in [2.45, 2.75) is 19.3 Å². The lowest BCUT2D eigenvalue weighted by atomic mass is 10.1. The highest BCUT2D eigenvalue weighted by Crippen LogP contribution is 2.51. The molecular formula is C20H19N3OS. The van der Waals surface area contributed by atoms with Crippen LogP contribution in [0.3, 0.4) is 0 Å². The van der Waals surface area contributed by atoms with Gasteiger partial charge in [0.05, 0.1) is 5.69 Å². The van der Waals surface area contributed by atoms with Crippen molar-refractivity contribution in [3.05, 3.63) is 64.4 Å². The quantitative estimate of drug-likeness (QED) is 0.706. The van der Waals surface area contributed by atoms with E-state index < -0.39 is 0 Å². The van der Waals surface area contributed by atoms with Crippen molar-refractivity contribution in [2.24, 2.45) is 5.92 Å². The van der Waals surface area contributed by atoms with E-state index in [-0.39, 0.29) is 11.8 Å². The number of thiophene rings is 1. The summed E-state index contributed by atoms with van der Waals surface area (Å²) in [6.07, 6.45) is 0.931. The summed E-state index contributed by atoms with van der Waals surface area (Å²) in [6, 6.07) is 15.8.